The Morgan fingerprint density at radius 3 is 2.58 bits per heavy atom. The normalized spacial score (nSPS) is 10.5. The van der Waals surface area contributed by atoms with Gasteiger partial charge in [-0.25, -0.2) is 0 Å². The highest BCUT2D eigenvalue weighted by molar-refractivity contribution is 6.42. The van der Waals surface area contributed by atoms with Crippen LogP contribution in [0.15, 0.2) is 30.3 Å². The number of nitrogens with two attached hydrogens (primary N) is 1. The minimum atomic E-state index is 0.364. The maximum absolute atomic E-state index is 6.12. The van der Waals surface area contributed by atoms with Crippen molar-refractivity contribution in [2.45, 2.75) is 20.5 Å². The maximum Gasteiger partial charge on any atom is 0.124 e. The number of anilines is 1. The topological polar surface area (TPSA) is 35.2 Å². The molecule has 2 N–H and O–H groups in total. The Morgan fingerprint density at radius 2 is 1.84 bits per heavy atom. The van der Waals surface area contributed by atoms with Crippen molar-refractivity contribution >= 4 is 28.9 Å². The molecule has 0 atom stereocenters. The van der Waals surface area contributed by atoms with Crippen molar-refractivity contribution in [3.8, 4) is 5.75 Å². The molecule has 19 heavy (non-hydrogen) atoms. The first-order valence-corrected chi connectivity index (χ1v) is 6.67. The molecule has 100 valence electrons. The fourth-order valence-electron chi connectivity index (χ4n) is 1.82. The molecule has 4 heteroatoms. The van der Waals surface area contributed by atoms with E-state index in [1.807, 2.05) is 38.1 Å². The third kappa shape index (κ3) is 3.14. The molecule has 0 saturated heterocycles. The van der Waals surface area contributed by atoms with E-state index in [1.165, 1.54) is 0 Å². The highest BCUT2D eigenvalue weighted by Gasteiger charge is 2.07. The van der Waals surface area contributed by atoms with Gasteiger partial charge in [-0.3, -0.25) is 0 Å². The largest absolute Gasteiger partial charge is 0.489 e. The van der Waals surface area contributed by atoms with Crippen LogP contribution in [0, 0.1) is 13.8 Å². The summed E-state index contributed by atoms with van der Waals surface area (Å²) in [5, 5.41) is 1.06. The van der Waals surface area contributed by atoms with Crippen LogP contribution in [0.2, 0.25) is 10.0 Å². The summed E-state index contributed by atoms with van der Waals surface area (Å²) in [5.74, 6) is 0.763. The van der Waals surface area contributed by atoms with E-state index >= 15 is 0 Å². The van der Waals surface area contributed by atoms with Gasteiger partial charge in [-0.05, 0) is 31.0 Å². The molecule has 2 aromatic rings. The summed E-state index contributed by atoms with van der Waals surface area (Å²) in [4.78, 5) is 0. The fraction of sp³-hybridized carbons (Fsp3) is 0.200. The summed E-state index contributed by atoms with van der Waals surface area (Å²) in [6.07, 6.45) is 0. The van der Waals surface area contributed by atoms with Gasteiger partial charge in [0, 0.05) is 17.3 Å². The first-order chi connectivity index (χ1) is 8.99. The molecule has 0 aliphatic carbocycles. The average Bonchev–Trinajstić information content (AvgIpc) is 2.37. The van der Waals surface area contributed by atoms with Crippen LogP contribution in [0.3, 0.4) is 0 Å². The van der Waals surface area contributed by atoms with Gasteiger partial charge in [0.25, 0.3) is 0 Å². The molecular formula is C15H15Cl2NO. The predicted molar refractivity (Wildman–Crippen MR) is 81.1 cm³/mol. The van der Waals surface area contributed by atoms with Crippen molar-refractivity contribution in [3.63, 3.8) is 0 Å². The number of hydrogen-bond donors (Lipinski definition) is 1. The molecule has 0 fully saturated rings. The maximum atomic E-state index is 6.12. The van der Waals surface area contributed by atoms with Gasteiger partial charge < -0.3 is 10.5 Å². The molecule has 0 aliphatic rings. The zero-order valence-electron chi connectivity index (χ0n) is 10.8. The number of benzene rings is 2. The number of rotatable bonds is 3. The van der Waals surface area contributed by atoms with Gasteiger partial charge in [-0.2, -0.15) is 0 Å². The molecule has 0 radical (unpaired) electrons. The van der Waals surface area contributed by atoms with Crippen LogP contribution in [0.25, 0.3) is 0 Å². The summed E-state index contributed by atoms with van der Waals surface area (Å²) < 4.78 is 5.77. The molecule has 0 amide bonds. The smallest absolute Gasteiger partial charge is 0.124 e. The van der Waals surface area contributed by atoms with Crippen molar-refractivity contribution in [2.24, 2.45) is 0 Å². The van der Waals surface area contributed by atoms with E-state index in [4.69, 9.17) is 33.7 Å². The predicted octanol–water partition coefficient (Wildman–Crippen LogP) is 4.77. The lowest BCUT2D eigenvalue weighted by atomic mass is 10.1. The lowest BCUT2D eigenvalue weighted by molar-refractivity contribution is 0.304. The summed E-state index contributed by atoms with van der Waals surface area (Å²) in [7, 11) is 0. The quantitative estimate of drug-likeness (QED) is 0.828. The molecular weight excluding hydrogens is 281 g/mol. The van der Waals surface area contributed by atoms with E-state index in [0.29, 0.717) is 16.7 Å². The minimum Gasteiger partial charge on any atom is -0.489 e. The first kappa shape index (κ1) is 14.0. The van der Waals surface area contributed by atoms with E-state index < -0.39 is 0 Å². The van der Waals surface area contributed by atoms with Gasteiger partial charge in [0.2, 0.25) is 0 Å². The van der Waals surface area contributed by atoms with Crippen LogP contribution in [-0.4, -0.2) is 0 Å². The molecule has 0 aromatic heterocycles. The Balaban J connectivity index is 2.19. The average molecular weight is 296 g/mol. The number of ether oxygens (including phenoxy) is 1. The van der Waals surface area contributed by atoms with Gasteiger partial charge in [0.1, 0.15) is 12.4 Å². The molecule has 0 unspecified atom stereocenters. The summed E-state index contributed by atoms with van der Waals surface area (Å²) in [6, 6.07) is 9.33. The zero-order valence-corrected chi connectivity index (χ0v) is 12.3. The van der Waals surface area contributed by atoms with E-state index in [-0.39, 0.29) is 0 Å². The molecule has 0 saturated carbocycles. The van der Waals surface area contributed by atoms with Crippen LogP contribution < -0.4 is 10.5 Å². The van der Waals surface area contributed by atoms with Crippen LogP contribution in [0.4, 0.5) is 5.69 Å². The third-order valence-corrected chi connectivity index (χ3v) is 3.84. The zero-order chi connectivity index (χ0) is 14.0. The standard InChI is InChI=1S/C15H15Cl2NO/c1-9-6-10(2)14(7-13(9)18)19-8-11-4-3-5-12(16)15(11)17/h3-7H,8,18H2,1-2H3. The van der Waals surface area contributed by atoms with Crippen LogP contribution in [0.5, 0.6) is 5.75 Å². The molecule has 2 rings (SSSR count). The number of hydrogen-bond acceptors (Lipinski definition) is 2. The Kier molecular flexibility index (Phi) is 4.23. The SMILES string of the molecule is Cc1cc(C)c(OCc2cccc(Cl)c2Cl)cc1N. The van der Waals surface area contributed by atoms with Crippen LogP contribution in [-0.2, 0) is 6.61 Å². The second-order valence-electron chi connectivity index (χ2n) is 4.48. The number of nitrogen functional groups attached to an aromatic ring is 1. The Labute approximate surface area is 123 Å². The molecule has 0 aliphatic heterocycles. The van der Waals surface area contributed by atoms with Crippen molar-refractivity contribution < 1.29 is 4.74 Å². The first-order valence-electron chi connectivity index (χ1n) is 5.91. The van der Waals surface area contributed by atoms with Gasteiger partial charge in [0.15, 0.2) is 0 Å². The second-order valence-corrected chi connectivity index (χ2v) is 5.26. The molecule has 0 heterocycles. The number of halogens is 2. The van der Waals surface area contributed by atoms with Crippen molar-refractivity contribution in [1.82, 2.24) is 0 Å². The summed E-state index contributed by atoms with van der Waals surface area (Å²) in [5.41, 5.74) is 9.55. The van der Waals surface area contributed by atoms with Crippen LogP contribution in [0.1, 0.15) is 16.7 Å². The van der Waals surface area contributed by atoms with Gasteiger partial charge in [0.05, 0.1) is 10.0 Å². The Morgan fingerprint density at radius 1 is 1.11 bits per heavy atom. The lowest BCUT2D eigenvalue weighted by Crippen LogP contribution is -2.00. The van der Waals surface area contributed by atoms with Gasteiger partial charge in [-0.15, -0.1) is 0 Å². The van der Waals surface area contributed by atoms with Gasteiger partial charge >= 0.3 is 0 Å². The summed E-state index contributed by atoms with van der Waals surface area (Å²) in [6.45, 7) is 4.32. The Bertz CT molecular complexity index is 611. The molecule has 0 spiro atoms. The van der Waals surface area contributed by atoms with E-state index in [2.05, 4.69) is 0 Å². The molecule has 2 aromatic carbocycles. The van der Waals surface area contributed by atoms with Crippen molar-refractivity contribution in [2.75, 3.05) is 5.73 Å². The monoisotopic (exact) mass is 295 g/mol. The third-order valence-electron chi connectivity index (χ3n) is 2.98. The van der Waals surface area contributed by atoms with Crippen molar-refractivity contribution in [3.05, 3.63) is 57.1 Å². The highest BCUT2D eigenvalue weighted by atomic mass is 35.5. The van der Waals surface area contributed by atoms with Gasteiger partial charge in [-0.1, -0.05) is 41.4 Å². The van der Waals surface area contributed by atoms with Crippen molar-refractivity contribution in [1.29, 1.82) is 0 Å². The van der Waals surface area contributed by atoms with E-state index in [0.717, 1.165) is 28.1 Å². The lowest BCUT2D eigenvalue weighted by Gasteiger charge is -2.12. The molecule has 0 bridgehead atoms. The van der Waals surface area contributed by atoms with E-state index in [1.54, 1.807) is 6.07 Å². The van der Waals surface area contributed by atoms with E-state index in [9.17, 15) is 0 Å². The minimum absolute atomic E-state index is 0.364. The molecule has 2 nitrogen and oxygen atoms in total. The summed E-state index contributed by atoms with van der Waals surface area (Å²) >= 11 is 12.1. The highest BCUT2D eigenvalue weighted by Crippen LogP contribution is 2.29. The second kappa shape index (κ2) is 5.72. The fourth-order valence-corrected chi connectivity index (χ4v) is 2.19. The van der Waals surface area contributed by atoms with Crippen LogP contribution >= 0.6 is 23.2 Å². The Hall–Kier alpha value is -1.38. The number of aryl methyl sites for hydroxylation is 2.